The summed E-state index contributed by atoms with van der Waals surface area (Å²) in [5.74, 6) is -0.102. The first-order chi connectivity index (χ1) is 14.3. The van der Waals surface area contributed by atoms with Crippen molar-refractivity contribution in [2.45, 2.75) is 51.9 Å². The van der Waals surface area contributed by atoms with Crippen LogP contribution in [0.2, 0.25) is 0 Å². The predicted octanol–water partition coefficient (Wildman–Crippen LogP) is 5.29. The lowest BCUT2D eigenvalue weighted by Crippen LogP contribution is -2.40. The zero-order valence-corrected chi connectivity index (χ0v) is 17.4. The van der Waals surface area contributed by atoms with Gasteiger partial charge >= 0.3 is 0 Å². The number of benzene rings is 1. The molecular weight excluding hydrogens is 388 g/mol. The van der Waals surface area contributed by atoms with Crippen molar-refractivity contribution in [3.8, 4) is 0 Å². The van der Waals surface area contributed by atoms with Gasteiger partial charge in [-0.15, -0.1) is 0 Å². The number of rotatable bonds is 4. The zero-order chi connectivity index (χ0) is 21.4. The van der Waals surface area contributed by atoms with E-state index in [1.807, 2.05) is 43.0 Å². The van der Waals surface area contributed by atoms with Crippen molar-refractivity contribution in [1.29, 1.82) is 0 Å². The van der Waals surface area contributed by atoms with Crippen LogP contribution in [0.5, 0.6) is 0 Å². The number of hydrogen-bond acceptors (Lipinski definition) is 4. The van der Waals surface area contributed by atoms with Crippen molar-refractivity contribution >= 4 is 17.0 Å². The molecule has 0 spiro atoms. The van der Waals surface area contributed by atoms with Gasteiger partial charge in [-0.1, -0.05) is 35.0 Å². The van der Waals surface area contributed by atoms with E-state index in [9.17, 15) is 13.6 Å². The number of alkyl halides is 2. The maximum atomic E-state index is 13.6. The number of aromatic nitrogens is 2. The Morgan fingerprint density at radius 1 is 1.17 bits per heavy atom. The number of piperidine rings is 1. The van der Waals surface area contributed by atoms with Crippen molar-refractivity contribution in [3.05, 3.63) is 58.4 Å². The summed E-state index contributed by atoms with van der Waals surface area (Å²) in [4.78, 5) is 19.3. The Balaban J connectivity index is 1.48. The van der Waals surface area contributed by atoms with Gasteiger partial charge in [-0.2, -0.15) is 0 Å². The van der Waals surface area contributed by atoms with Crippen LogP contribution in [0.15, 0.2) is 34.9 Å². The molecule has 1 amide bonds. The molecule has 0 unspecified atom stereocenters. The number of carbonyl (C=O) groups excluding carboxylic acids is 1. The molecule has 3 aromatic rings. The van der Waals surface area contributed by atoms with Crippen LogP contribution in [0.3, 0.4) is 0 Å². The monoisotopic (exact) mass is 413 g/mol. The highest BCUT2D eigenvalue weighted by molar-refractivity contribution is 5.83. The number of halogens is 2. The normalized spacial score (nSPS) is 16.4. The number of pyridine rings is 1. The molecule has 0 aliphatic carbocycles. The molecule has 1 fully saturated rings. The minimum Gasteiger partial charge on any atom is -0.342 e. The van der Waals surface area contributed by atoms with Crippen LogP contribution in [0, 0.1) is 13.8 Å². The number of aryl methyl sites for hydroxylation is 2. The number of fused-ring (bicyclic) bond motifs is 1. The molecule has 1 aliphatic heterocycles. The Morgan fingerprint density at radius 3 is 2.47 bits per heavy atom. The second kappa shape index (κ2) is 8.13. The molecule has 0 saturated carbocycles. The highest BCUT2D eigenvalue weighted by Crippen LogP contribution is 2.35. The van der Waals surface area contributed by atoms with Crippen LogP contribution < -0.4 is 0 Å². The summed E-state index contributed by atoms with van der Waals surface area (Å²) in [5, 5.41) is 4.09. The Labute approximate surface area is 174 Å². The minimum atomic E-state index is -2.62. The van der Waals surface area contributed by atoms with E-state index in [2.05, 4.69) is 10.1 Å². The smallest absolute Gasteiger partial charge is 0.264 e. The SMILES string of the molecule is Cc1ccc([C@@H](C)C(=O)N2CCC(c3cc(C(F)F)c4c(C)noc4n3)CC2)cc1. The average Bonchev–Trinajstić information content (AvgIpc) is 3.13. The van der Waals surface area contributed by atoms with E-state index in [-0.39, 0.29) is 29.0 Å². The second-order valence-electron chi connectivity index (χ2n) is 8.12. The Bertz CT molecular complexity index is 1050. The highest BCUT2D eigenvalue weighted by Gasteiger charge is 2.29. The van der Waals surface area contributed by atoms with Crippen LogP contribution in [0.4, 0.5) is 8.78 Å². The molecule has 3 heterocycles. The van der Waals surface area contributed by atoms with Gasteiger partial charge in [0.2, 0.25) is 5.91 Å². The fourth-order valence-corrected chi connectivity index (χ4v) is 4.20. The van der Waals surface area contributed by atoms with E-state index in [0.717, 1.165) is 11.1 Å². The van der Waals surface area contributed by atoms with Gasteiger partial charge in [0, 0.05) is 30.3 Å². The Hall–Kier alpha value is -2.83. The molecule has 30 heavy (non-hydrogen) atoms. The van der Waals surface area contributed by atoms with E-state index in [1.165, 1.54) is 6.07 Å². The molecule has 0 N–H and O–H groups in total. The Morgan fingerprint density at radius 2 is 1.83 bits per heavy atom. The van der Waals surface area contributed by atoms with Crippen LogP contribution >= 0.6 is 0 Å². The molecule has 1 aliphatic rings. The lowest BCUT2D eigenvalue weighted by Gasteiger charge is -2.33. The third kappa shape index (κ3) is 3.80. The zero-order valence-electron chi connectivity index (χ0n) is 17.4. The van der Waals surface area contributed by atoms with Gasteiger partial charge in [0.05, 0.1) is 17.0 Å². The lowest BCUT2D eigenvalue weighted by atomic mass is 9.90. The van der Waals surface area contributed by atoms with E-state index in [4.69, 9.17) is 4.52 Å². The van der Waals surface area contributed by atoms with Crippen LogP contribution in [0.25, 0.3) is 11.1 Å². The quantitative estimate of drug-likeness (QED) is 0.583. The van der Waals surface area contributed by atoms with Crippen molar-refractivity contribution in [2.24, 2.45) is 0 Å². The van der Waals surface area contributed by atoms with E-state index >= 15 is 0 Å². The summed E-state index contributed by atoms with van der Waals surface area (Å²) in [6, 6.07) is 9.50. The summed E-state index contributed by atoms with van der Waals surface area (Å²) >= 11 is 0. The van der Waals surface area contributed by atoms with Crippen molar-refractivity contribution in [2.75, 3.05) is 13.1 Å². The van der Waals surface area contributed by atoms with Gasteiger partial charge in [0.15, 0.2) is 0 Å². The Kier molecular flexibility index (Phi) is 5.54. The predicted molar refractivity (Wildman–Crippen MR) is 110 cm³/mol. The summed E-state index contributed by atoms with van der Waals surface area (Å²) in [6.45, 7) is 6.75. The summed E-state index contributed by atoms with van der Waals surface area (Å²) in [7, 11) is 0. The molecule has 4 rings (SSSR count). The summed E-state index contributed by atoms with van der Waals surface area (Å²) < 4.78 is 32.3. The topological polar surface area (TPSA) is 59.2 Å². The molecule has 0 bridgehead atoms. The number of hydrogen-bond donors (Lipinski definition) is 0. The first kappa shape index (κ1) is 20.4. The van der Waals surface area contributed by atoms with Crippen molar-refractivity contribution in [1.82, 2.24) is 15.0 Å². The third-order valence-electron chi connectivity index (χ3n) is 6.08. The number of nitrogens with zero attached hydrogens (tertiary/aromatic N) is 3. The average molecular weight is 413 g/mol. The van der Waals surface area contributed by atoms with E-state index in [1.54, 1.807) is 6.92 Å². The second-order valence-corrected chi connectivity index (χ2v) is 8.12. The van der Waals surface area contributed by atoms with Gasteiger partial charge in [-0.3, -0.25) is 4.79 Å². The number of amides is 1. The van der Waals surface area contributed by atoms with Gasteiger partial charge < -0.3 is 9.42 Å². The fourth-order valence-electron chi connectivity index (χ4n) is 4.20. The fraction of sp³-hybridized carbons (Fsp3) is 0.435. The highest BCUT2D eigenvalue weighted by atomic mass is 19.3. The first-order valence-corrected chi connectivity index (χ1v) is 10.3. The maximum Gasteiger partial charge on any atom is 0.264 e. The molecular formula is C23H25F2N3O2. The molecule has 1 saturated heterocycles. The first-order valence-electron chi connectivity index (χ1n) is 10.3. The molecule has 0 radical (unpaired) electrons. The maximum absolute atomic E-state index is 13.6. The molecule has 1 atom stereocenters. The van der Waals surface area contributed by atoms with Gasteiger partial charge in [-0.25, -0.2) is 13.8 Å². The minimum absolute atomic E-state index is 0.0102. The molecule has 7 heteroatoms. The summed E-state index contributed by atoms with van der Waals surface area (Å²) in [6.07, 6.45) is -1.26. The molecule has 2 aromatic heterocycles. The van der Waals surface area contributed by atoms with E-state index < -0.39 is 6.43 Å². The number of likely N-dealkylation sites (tertiary alicyclic amines) is 1. The molecule has 158 valence electrons. The van der Waals surface area contributed by atoms with Crippen molar-refractivity contribution < 1.29 is 18.1 Å². The van der Waals surface area contributed by atoms with Crippen molar-refractivity contribution in [3.63, 3.8) is 0 Å². The largest absolute Gasteiger partial charge is 0.342 e. The van der Waals surface area contributed by atoms with Gasteiger partial charge in [0.25, 0.3) is 12.1 Å². The van der Waals surface area contributed by atoms with Gasteiger partial charge in [-0.05, 0) is 45.2 Å². The molecule has 5 nitrogen and oxygen atoms in total. The van der Waals surface area contributed by atoms with E-state index in [0.29, 0.717) is 42.7 Å². The lowest BCUT2D eigenvalue weighted by molar-refractivity contribution is -0.133. The number of carbonyl (C=O) groups is 1. The van der Waals surface area contributed by atoms with Crippen LogP contribution in [0.1, 0.15) is 66.1 Å². The van der Waals surface area contributed by atoms with Gasteiger partial charge in [0.1, 0.15) is 0 Å². The molecule has 1 aromatic carbocycles. The summed E-state index contributed by atoms with van der Waals surface area (Å²) in [5.41, 5.74) is 3.25. The van der Waals surface area contributed by atoms with Crippen LogP contribution in [-0.2, 0) is 4.79 Å². The van der Waals surface area contributed by atoms with Crippen LogP contribution in [-0.4, -0.2) is 34.0 Å². The third-order valence-corrected chi connectivity index (χ3v) is 6.08. The standard InChI is InChI=1S/C23H25F2N3O2/c1-13-4-6-16(7-5-13)14(2)23(29)28-10-8-17(9-11-28)19-12-18(21(24)25)20-15(3)27-30-22(20)26-19/h4-7,12,14,17,21H,8-11H2,1-3H3/t14-/m1/s1.